The Balaban J connectivity index is 2.02. The Bertz CT molecular complexity index is 558. The number of aliphatic hydroxyl groups is 1. The summed E-state index contributed by atoms with van der Waals surface area (Å²) in [6, 6.07) is 4.18. The second kappa shape index (κ2) is 4.31. The molecule has 0 unspecified atom stereocenters. The number of likely N-dealkylation sites (tertiary alicyclic amines) is 1. The Morgan fingerprint density at radius 2 is 2.21 bits per heavy atom. The van der Waals surface area contributed by atoms with Crippen molar-refractivity contribution in [2.24, 2.45) is 0 Å². The third-order valence-electron chi connectivity index (χ3n) is 3.90. The van der Waals surface area contributed by atoms with Crippen LogP contribution in [0.3, 0.4) is 0 Å². The van der Waals surface area contributed by atoms with Crippen LogP contribution in [-0.4, -0.2) is 33.5 Å². The van der Waals surface area contributed by atoms with Crippen LogP contribution in [0.5, 0.6) is 0 Å². The number of aliphatic hydroxyl groups excluding tert-OH is 1. The zero-order chi connectivity index (χ0) is 13.6. The predicted molar refractivity (Wildman–Crippen MR) is 66.5 cm³/mol. The first-order valence-corrected chi connectivity index (χ1v) is 6.32. The maximum absolute atomic E-state index is 11.8. The summed E-state index contributed by atoms with van der Waals surface area (Å²) in [7, 11) is 0. The van der Waals surface area contributed by atoms with Gasteiger partial charge in [-0.2, -0.15) is 0 Å². The number of non-ortho nitro benzene ring substituents is 1. The smallest absolute Gasteiger partial charge is 0.269 e. The molecular formula is C13H14N2O4. The standard InChI is InChI=1S/C13H14N2O4/c16-11-6-8-3-4-9(15(18)19)7-10(8)13(11)14-5-1-2-12(14)17/h3-4,7,11,13,16H,1-2,5-6H2/t11-,13-/m1/s1. The molecule has 2 atom stereocenters. The van der Waals surface area contributed by atoms with Crippen LogP contribution in [0.25, 0.3) is 0 Å². The lowest BCUT2D eigenvalue weighted by molar-refractivity contribution is -0.385. The Morgan fingerprint density at radius 3 is 2.84 bits per heavy atom. The van der Waals surface area contributed by atoms with Crippen molar-refractivity contribution in [3.05, 3.63) is 39.4 Å². The molecule has 6 heteroatoms. The molecule has 1 aliphatic heterocycles. The lowest BCUT2D eigenvalue weighted by atomic mass is 10.1. The van der Waals surface area contributed by atoms with Gasteiger partial charge in [0.25, 0.3) is 5.69 Å². The third kappa shape index (κ3) is 1.88. The molecule has 1 saturated heterocycles. The van der Waals surface area contributed by atoms with Crippen LogP contribution in [0.4, 0.5) is 5.69 Å². The van der Waals surface area contributed by atoms with E-state index in [1.165, 1.54) is 12.1 Å². The molecule has 6 nitrogen and oxygen atoms in total. The van der Waals surface area contributed by atoms with Crippen LogP contribution in [0.15, 0.2) is 18.2 Å². The average molecular weight is 262 g/mol. The molecule has 1 N–H and O–H groups in total. The summed E-state index contributed by atoms with van der Waals surface area (Å²) in [5.74, 6) is 0.0170. The van der Waals surface area contributed by atoms with Gasteiger partial charge in [0.2, 0.25) is 5.91 Å². The van der Waals surface area contributed by atoms with Gasteiger partial charge in [-0.1, -0.05) is 6.07 Å². The summed E-state index contributed by atoms with van der Waals surface area (Å²) < 4.78 is 0. The molecule has 0 saturated carbocycles. The molecule has 1 aromatic carbocycles. The first-order valence-electron chi connectivity index (χ1n) is 6.32. The van der Waals surface area contributed by atoms with Crippen LogP contribution in [-0.2, 0) is 11.2 Å². The van der Waals surface area contributed by atoms with Crippen molar-refractivity contribution < 1.29 is 14.8 Å². The van der Waals surface area contributed by atoms with Crippen molar-refractivity contribution in [2.45, 2.75) is 31.4 Å². The van der Waals surface area contributed by atoms with Crippen LogP contribution in [0.2, 0.25) is 0 Å². The van der Waals surface area contributed by atoms with E-state index >= 15 is 0 Å². The van der Waals surface area contributed by atoms with Gasteiger partial charge in [-0.15, -0.1) is 0 Å². The second-order valence-electron chi connectivity index (χ2n) is 5.05. The summed E-state index contributed by atoms with van der Waals surface area (Å²) in [6.45, 7) is 0.614. The van der Waals surface area contributed by atoms with Crippen LogP contribution in [0, 0.1) is 10.1 Å². The Hall–Kier alpha value is -1.95. The molecule has 0 bridgehead atoms. The van der Waals surface area contributed by atoms with E-state index in [-0.39, 0.29) is 11.6 Å². The number of rotatable bonds is 2. The fraction of sp³-hybridized carbons (Fsp3) is 0.462. The lowest BCUT2D eigenvalue weighted by Gasteiger charge is -2.27. The third-order valence-corrected chi connectivity index (χ3v) is 3.90. The monoisotopic (exact) mass is 262 g/mol. The van der Waals surface area contributed by atoms with Gasteiger partial charge in [0.05, 0.1) is 17.1 Å². The summed E-state index contributed by atoms with van der Waals surface area (Å²) in [4.78, 5) is 23.9. The summed E-state index contributed by atoms with van der Waals surface area (Å²) in [5.41, 5.74) is 1.62. The average Bonchev–Trinajstić information content (AvgIpc) is 2.90. The molecule has 1 amide bonds. The fourth-order valence-corrected chi connectivity index (χ4v) is 3.04. The zero-order valence-electron chi connectivity index (χ0n) is 10.3. The maximum atomic E-state index is 11.8. The van der Waals surface area contributed by atoms with E-state index in [0.717, 1.165) is 17.5 Å². The van der Waals surface area contributed by atoms with Crippen LogP contribution >= 0.6 is 0 Å². The highest BCUT2D eigenvalue weighted by Crippen LogP contribution is 2.39. The van der Waals surface area contributed by atoms with Gasteiger partial charge >= 0.3 is 0 Å². The molecule has 3 rings (SSSR count). The van der Waals surface area contributed by atoms with E-state index in [9.17, 15) is 20.0 Å². The number of benzene rings is 1. The Kier molecular flexibility index (Phi) is 2.74. The Labute approximate surface area is 109 Å². The van der Waals surface area contributed by atoms with Crippen molar-refractivity contribution in [3.63, 3.8) is 0 Å². The molecule has 1 aromatic rings. The number of nitro benzene ring substituents is 1. The van der Waals surface area contributed by atoms with Gasteiger partial charge in [0.1, 0.15) is 0 Å². The zero-order valence-corrected chi connectivity index (χ0v) is 10.3. The van der Waals surface area contributed by atoms with Gasteiger partial charge in [-0.25, -0.2) is 0 Å². The lowest BCUT2D eigenvalue weighted by Crippen LogP contribution is -2.35. The summed E-state index contributed by atoms with van der Waals surface area (Å²) in [6.07, 6.45) is 1.06. The van der Waals surface area contributed by atoms with E-state index < -0.39 is 17.1 Å². The molecule has 2 aliphatic rings. The number of hydrogen-bond acceptors (Lipinski definition) is 4. The van der Waals surface area contributed by atoms with Gasteiger partial charge in [0, 0.05) is 31.5 Å². The molecular weight excluding hydrogens is 248 g/mol. The number of amides is 1. The first kappa shape index (κ1) is 12.1. The Morgan fingerprint density at radius 1 is 1.42 bits per heavy atom. The normalized spacial score (nSPS) is 25.7. The highest BCUT2D eigenvalue weighted by molar-refractivity contribution is 5.79. The van der Waals surface area contributed by atoms with E-state index in [1.807, 2.05) is 0 Å². The number of fused-ring (bicyclic) bond motifs is 1. The number of carbonyl (C=O) groups is 1. The summed E-state index contributed by atoms with van der Waals surface area (Å²) in [5, 5.41) is 21.0. The molecule has 1 heterocycles. The highest BCUT2D eigenvalue weighted by Gasteiger charge is 2.40. The van der Waals surface area contributed by atoms with Crippen molar-refractivity contribution in [1.29, 1.82) is 0 Å². The largest absolute Gasteiger partial charge is 0.390 e. The maximum Gasteiger partial charge on any atom is 0.269 e. The highest BCUT2D eigenvalue weighted by atomic mass is 16.6. The van der Waals surface area contributed by atoms with Gasteiger partial charge in [-0.3, -0.25) is 14.9 Å². The van der Waals surface area contributed by atoms with Gasteiger partial charge < -0.3 is 10.0 Å². The second-order valence-corrected chi connectivity index (χ2v) is 5.05. The minimum atomic E-state index is -0.668. The molecule has 0 aromatic heterocycles. The predicted octanol–water partition coefficient (Wildman–Crippen LogP) is 1.18. The van der Waals surface area contributed by atoms with Crippen LogP contribution in [0.1, 0.15) is 30.0 Å². The molecule has 100 valence electrons. The minimum absolute atomic E-state index is 0.00416. The van der Waals surface area contributed by atoms with Crippen molar-refractivity contribution in [1.82, 2.24) is 4.90 Å². The quantitative estimate of drug-likeness (QED) is 0.640. The molecule has 19 heavy (non-hydrogen) atoms. The number of hydrogen-bond donors (Lipinski definition) is 1. The molecule has 1 aliphatic carbocycles. The molecule has 0 spiro atoms. The van der Waals surface area contributed by atoms with Crippen molar-refractivity contribution in [3.8, 4) is 0 Å². The van der Waals surface area contributed by atoms with Gasteiger partial charge in [0.15, 0.2) is 0 Å². The van der Waals surface area contributed by atoms with Crippen LogP contribution < -0.4 is 0 Å². The number of nitro groups is 1. The topological polar surface area (TPSA) is 83.7 Å². The summed E-state index contributed by atoms with van der Waals surface area (Å²) >= 11 is 0. The number of carbonyl (C=O) groups excluding carboxylic acids is 1. The van der Waals surface area contributed by atoms with Crippen molar-refractivity contribution in [2.75, 3.05) is 6.54 Å². The van der Waals surface area contributed by atoms with E-state index in [1.54, 1.807) is 11.0 Å². The molecule has 1 fully saturated rings. The van der Waals surface area contributed by atoms with E-state index in [4.69, 9.17) is 0 Å². The minimum Gasteiger partial charge on any atom is -0.390 e. The molecule has 0 radical (unpaired) electrons. The SMILES string of the molecule is O=C1CCCN1[C@@H]1c2cc([N+](=O)[O-])ccc2C[C@H]1O. The first-order chi connectivity index (χ1) is 9.08. The number of nitrogens with zero attached hydrogens (tertiary/aromatic N) is 2. The fourth-order valence-electron chi connectivity index (χ4n) is 3.04. The van der Waals surface area contributed by atoms with E-state index in [0.29, 0.717) is 19.4 Å². The van der Waals surface area contributed by atoms with Crippen molar-refractivity contribution >= 4 is 11.6 Å². The van der Waals surface area contributed by atoms with E-state index in [2.05, 4.69) is 0 Å². The van der Waals surface area contributed by atoms with Gasteiger partial charge in [-0.05, 0) is 17.5 Å².